The lowest BCUT2D eigenvalue weighted by atomic mass is 9.75. The van der Waals surface area contributed by atoms with Crippen LogP contribution in [0.3, 0.4) is 0 Å². The molecule has 0 saturated carbocycles. The van der Waals surface area contributed by atoms with Gasteiger partial charge in [-0.3, -0.25) is 0 Å². The van der Waals surface area contributed by atoms with Gasteiger partial charge in [0.2, 0.25) is 0 Å². The second kappa shape index (κ2) is 12.0. The van der Waals surface area contributed by atoms with Gasteiger partial charge in [0.1, 0.15) is 0 Å². The van der Waals surface area contributed by atoms with Crippen LogP contribution in [-0.4, -0.2) is 0 Å². The summed E-state index contributed by atoms with van der Waals surface area (Å²) in [6.45, 7) is 15.4. The molecule has 0 aliphatic carbocycles. The van der Waals surface area contributed by atoms with Crippen LogP contribution in [0.4, 0.5) is 0 Å². The third-order valence-corrected chi connectivity index (χ3v) is 4.57. The van der Waals surface area contributed by atoms with Gasteiger partial charge in [0, 0.05) is 0 Å². The van der Waals surface area contributed by atoms with Gasteiger partial charge in [-0.25, -0.2) is 0 Å². The van der Waals surface area contributed by atoms with E-state index in [0.29, 0.717) is 5.92 Å². The zero-order chi connectivity index (χ0) is 15.4. The normalized spacial score (nSPS) is 16.4. The van der Waals surface area contributed by atoms with E-state index in [9.17, 15) is 0 Å². The van der Waals surface area contributed by atoms with Gasteiger partial charge >= 0.3 is 0 Å². The molecule has 0 aromatic rings. The van der Waals surface area contributed by atoms with E-state index in [0.717, 1.165) is 11.8 Å². The number of rotatable bonds is 11. The molecule has 0 bridgehead atoms. The fourth-order valence-electron chi connectivity index (χ4n) is 2.98. The molecule has 0 aliphatic rings. The van der Waals surface area contributed by atoms with Crippen molar-refractivity contribution in [2.45, 2.75) is 79.6 Å². The molecule has 3 atom stereocenters. The number of unbranched alkanes of at least 4 members (excludes halogenated alkanes) is 2. The second-order valence-corrected chi connectivity index (χ2v) is 6.21. The number of allylic oxidation sites excluding steroid dienone is 3. The summed E-state index contributed by atoms with van der Waals surface area (Å²) in [6.07, 6.45) is 13.5. The molecule has 0 aromatic heterocycles. The molecule has 0 heteroatoms. The van der Waals surface area contributed by atoms with Crippen molar-refractivity contribution in [3.63, 3.8) is 0 Å². The van der Waals surface area contributed by atoms with Crippen LogP contribution >= 0.6 is 0 Å². The average Bonchev–Trinajstić information content (AvgIpc) is 2.47. The van der Waals surface area contributed by atoms with E-state index in [1.54, 1.807) is 5.57 Å². The highest BCUT2D eigenvalue weighted by Gasteiger charge is 2.23. The Balaban J connectivity index is 5.12. The largest absolute Gasteiger partial charge is 0.129 e. The molecule has 0 aromatic carbocycles. The molecule has 3 unspecified atom stereocenters. The summed E-state index contributed by atoms with van der Waals surface area (Å²) in [7, 11) is 0. The number of hydrogen-bond acceptors (Lipinski definition) is 0. The van der Waals surface area contributed by atoms with Crippen LogP contribution in [0.25, 0.3) is 0 Å². The monoisotopic (exact) mass is 276 g/mol. The third-order valence-electron chi connectivity index (χ3n) is 4.57. The van der Waals surface area contributed by atoms with E-state index in [1.165, 1.54) is 44.9 Å². The van der Waals surface area contributed by atoms with Gasteiger partial charge in [-0.1, -0.05) is 85.0 Å². The standard InChI is InChI=1S/C20H36/c1-7-11-14-18(6)20(16-13-9-3)19(15-12-8-2)17(5)10-4/h12,15,17-18,20H,2,7,9-11,13-14,16H2,1,3-6H3. The fourth-order valence-corrected chi connectivity index (χ4v) is 2.98. The minimum absolute atomic E-state index is 0.672. The molecular weight excluding hydrogens is 240 g/mol. The lowest BCUT2D eigenvalue weighted by molar-refractivity contribution is 0.323. The highest BCUT2D eigenvalue weighted by atomic mass is 14.3. The van der Waals surface area contributed by atoms with E-state index in [2.05, 4.69) is 53.0 Å². The Morgan fingerprint density at radius 2 is 1.65 bits per heavy atom. The van der Waals surface area contributed by atoms with Crippen LogP contribution in [0.2, 0.25) is 0 Å². The molecule has 20 heavy (non-hydrogen) atoms. The fraction of sp³-hybridized carbons (Fsp3) is 0.750. The van der Waals surface area contributed by atoms with Gasteiger partial charge in [0.25, 0.3) is 0 Å². The Kier molecular flexibility index (Phi) is 11.6. The van der Waals surface area contributed by atoms with Crippen LogP contribution in [0.1, 0.15) is 79.6 Å². The van der Waals surface area contributed by atoms with Crippen molar-refractivity contribution in [3.8, 4) is 0 Å². The molecule has 0 spiro atoms. The maximum absolute atomic E-state index is 3.71. The molecule has 0 heterocycles. The topological polar surface area (TPSA) is 0 Å². The summed E-state index contributed by atoms with van der Waals surface area (Å²) < 4.78 is 0. The molecule has 0 radical (unpaired) electrons. The minimum Gasteiger partial charge on any atom is -0.129 e. The molecule has 116 valence electrons. The van der Waals surface area contributed by atoms with Crippen LogP contribution in [-0.2, 0) is 0 Å². The van der Waals surface area contributed by atoms with E-state index in [4.69, 9.17) is 0 Å². The predicted octanol–water partition coefficient (Wildman–Crippen LogP) is 6.93. The number of hydrogen-bond donors (Lipinski definition) is 0. The molecule has 0 aliphatic heterocycles. The first-order valence-corrected chi connectivity index (χ1v) is 8.68. The third kappa shape index (κ3) is 7.15. The summed E-state index contributed by atoms with van der Waals surface area (Å²) in [6, 6.07) is 0. The van der Waals surface area contributed by atoms with Gasteiger partial charge in [0.15, 0.2) is 0 Å². The van der Waals surface area contributed by atoms with Gasteiger partial charge in [0.05, 0.1) is 0 Å². The first-order valence-electron chi connectivity index (χ1n) is 8.68. The molecule has 0 N–H and O–H groups in total. The van der Waals surface area contributed by atoms with Gasteiger partial charge in [-0.2, -0.15) is 0 Å². The highest BCUT2D eigenvalue weighted by Crippen LogP contribution is 2.35. The second-order valence-electron chi connectivity index (χ2n) is 6.21. The van der Waals surface area contributed by atoms with Crippen molar-refractivity contribution in [1.29, 1.82) is 0 Å². The Labute approximate surface area is 128 Å². The van der Waals surface area contributed by atoms with E-state index < -0.39 is 0 Å². The van der Waals surface area contributed by atoms with Crippen molar-refractivity contribution in [1.82, 2.24) is 0 Å². The quantitative estimate of drug-likeness (QED) is 0.283. The molecular formula is C20H36. The van der Waals surface area contributed by atoms with Gasteiger partial charge in [-0.05, 0) is 36.7 Å². The predicted molar refractivity (Wildman–Crippen MR) is 93.0 cm³/mol. The zero-order valence-corrected chi connectivity index (χ0v) is 14.5. The Morgan fingerprint density at radius 3 is 2.15 bits per heavy atom. The van der Waals surface area contributed by atoms with Crippen molar-refractivity contribution >= 4 is 0 Å². The summed E-state index contributed by atoms with van der Waals surface area (Å²) in [5.74, 6) is 2.20. The van der Waals surface area contributed by atoms with Gasteiger partial charge in [-0.15, -0.1) is 5.73 Å². The summed E-state index contributed by atoms with van der Waals surface area (Å²) >= 11 is 0. The molecule has 0 rings (SSSR count). The zero-order valence-electron chi connectivity index (χ0n) is 14.5. The molecule has 0 nitrogen and oxygen atoms in total. The Morgan fingerprint density at radius 1 is 1.05 bits per heavy atom. The van der Waals surface area contributed by atoms with Crippen LogP contribution in [0.5, 0.6) is 0 Å². The van der Waals surface area contributed by atoms with Crippen molar-refractivity contribution in [2.75, 3.05) is 0 Å². The SMILES string of the molecule is C=C=CC=C(C(C)CC)C(CCCC)C(C)CCCC. The summed E-state index contributed by atoms with van der Waals surface area (Å²) in [4.78, 5) is 0. The molecule has 0 saturated heterocycles. The van der Waals surface area contributed by atoms with Crippen molar-refractivity contribution in [3.05, 3.63) is 30.0 Å². The van der Waals surface area contributed by atoms with Crippen LogP contribution in [0.15, 0.2) is 30.0 Å². The minimum atomic E-state index is 0.672. The first kappa shape index (κ1) is 19.3. The first-order chi connectivity index (χ1) is 9.62. The van der Waals surface area contributed by atoms with Gasteiger partial charge < -0.3 is 0 Å². The summed E-state index contributed by atoms with van der Waals surface area (Å²) in [5.41, 5.74) is 4.54. The van der Waals surface area contributed by atoms with Crippen molar-refractivity contribution < 1.29 is 0 Å². The molecule has 0 fully saturated rings. The summed E-state index contributed by atoms with van der Waals surface area (Å²) in [5, 5.41) is 0. The molecule has 0 amide bonds. The Hall–Kier alpha value is -0.740. The van der Waals surface area contributed by atoms with Crippen molar-refractivity contribution in [2.24, 2.45) is 17.8 Å². The van der Waals surface area contributed by atoms with Crippen LogP contribution in [0, 0.1) is 17.8 Å². The highest BCUT2D eigenvalue weighted by molar-refractivity contribution is 5.18. The van der Waals surface area contributed by atoms with E-state index >= 15 is 0 Å². The lowest BCUT2D eigenvalue weighted by Gasteiger charge is -2.30. The maximum atomic E-state index is 3.71. The lowest BCUT2D eigenvalue weighted by Crippen LogP contribution is -2.19. The smallest absolute Gasteiger partial charge is 0.0171 e. The maximum Gasteiger partial charge on any atom is -0.0171 e. The van der Waals surface area contributed by atoms with E-state index in [-0.39, 0.29) is 0 Å². The van der Waals surface area contributed by atoms with E-state index in [1.807, 2.05) is 6.08 Å². The Bertz CT molecular complexity index is 304. The average molecular weight is 277 g/mol. The van der Waals surface area contributed by atoms with Crippen LogP contribution < -0.4 is 0 Å².